The summed E-state index contributed by atoms with van der Waals surface area (Å²) in [5.74, 6) is 0.299. The van der Waals surface area contributed by atoms with Crippen molar-refractivity contribution in [3.63, 3.8) is 0 Å². The Morgan fingerprint density at radius 3 is 2.69 bits per heavy atom. The number of nitrogens with one attached hydrogen (secondary N) is 1. The van der Waals surface area contributed by atoms with Crippen molar-refractivity contribution in [1.82, 2.24) is 10.2 Å². The second-order valence-electron chi connectivity index (χ2n) is 7.91. The molecule has 0 bridgehead atoms. The van der Waals surface area contributed by atoms with E-state index in [-0.39, 0.29) is 18.1 Å². The SMILES string of the molecule is Cc1c(Cc2ccccc2)c(=O)oc2cc(OCC(=O)NCCN3CCOCC3)ccc12. The first-order valence-electron chi connectivity index (χ1n) is 10.9. The van der Waals surface area contributed by atoms with Crippen LogP contribution >= 0.6 is 0 Å². The third-order valence-electron chi connectivity index (χ3n) is 5.71. The standard InChI is InChI=1S/C25H28N2O5/c1-18-21-8-7-20(31-17-24(28)26-9-10-27-11-13-30-14-12-27)16-23(21)32-25(29)22(18)15-19-5-3-2-4-6-19/h2-8,16H,9-15,17H2,1H3,(H,26,28). The topological polar surface area (TPSA) is 81.0 Å². The zero-order valence-electron chi connectivity index (χ0n) is 18.3. The number of carbonyl (C=O) groups excluding carboxylic acids is 1. The quantitative estimate of drug-likeness (QED) is 0.547. The van der Waals surface area contributed by atoms with E-state index in [0.29, 0.717) is 29.9 Å². The van der Waals surface area contributed by atoms with Gasteiger partial charge in [0, 0.05) is 49.6 Å². The predicted octanol–water partition coefficient (Wildman–Crippen LogP) is 2.52. The maximum atomic E-state index is 12.6. The zero-order valence-corrected chi connectivity index (χ0v) is 18.3. The molecule has 2 aromatic carbocycles. The number of aryl methyl sites for hydroxylation is 1. The first kappa shape index (κ1) is 22.0. The minimum atomic E-state index is -0.350. The van der Waals surface area contributed by atoms with Gasteiger partial charge in [-0.05, 0) is 30.2 Å². The Morgan fingerprint density at radius 2 is 1.91 bits per heavy atom. The van der Waals surface area contributed by atoms with E-state index in [1.165, 1.54) is 0 Å². The lowest BCUT2D eigenvalue weighted by molar-refractivity contribution is -0.123. The summed E-state index contributed by atoms with van der Waals surface area (Å²) >= 11 is 0. The molecule has 0 saturated carbocycles. The Labute approximate surface area is 186 Å². The summed E-state index contributed by atoms with van der Waals surface area (Å²) in [4.78, 5) is 27.0. The number of hydrogen-bond acceptors (Lipinski definition) is 6. The predicted molar refractivity (Wildman–Crippen MR) is 122 cm³/mol. The molecule has 1 N–H and O–H groups in total. The van der Waals surface area contributed by atoms with Gasteiger partial charge in [0.1, 0.15) is 11.3 Å². The summed E-state index contributed by atoms with van der Waals surface area (Å²) in [6.45, 7) is 6.45. The second-order valence-corrected chi connectivity index (χ2v) is 7.91. The molecule has 32 heavy (non-hydrogen) atoms. The van der Waals surface area contributed by atoms with E-state index in [0.717, 1.165) is 49.4 Å². The van der Waals surface area contributed by atoms with Crippen molar-refractivity contribution in [2.75, 3.05) is 46.0 Å². The highest BCUT2D eigenvalue weighted by atomic mass is 16.5. The first-order valence-corrected chi connectivity index (χ1v) is 10.9. The van der Waals surface area contributed by atoms with Crippen molar-refractivity contribution in [2.45, 2.75) is 13.3 Å². The van der Waals surface area contributed by atoms with Gasteiger partial charge in [0.15, 0.2) is 6.61 Å². The Morgan fingerprint density at radius 1 is 1.12 bits per heavy atom. The van der Waals surface area contributed by atoms with Crippen LogP contribution in [0.4, 0.5) is 0 Å². The summed E-state index contributed by atoms with van der Waals surface area (Å²) in [7, 11) is 0. The molecule has 4 rings (SSSR count). The molecule has 0 aliphatic carbocycles. The third kappa shape index (κ3) is 5.55. The highest BCUT2D eigenvalue weighted by Gasteiger charge is 2.14. The molecule has 1 aliphatic rings. The number of hydrogen-bond donors (Lipinski definition) is 1. The maximum Gasteiger partial charge on any atom is 0.340 e. The summed E-state index contributed by atoms with van der Waals surface area (Å²) in [6.07, 6.45) is 0.522. The second kappa shape index (κ2) is 10.4. The average molecular weight is 437 g/mol. The lowest BCUT2D eigenvalue weighted by Crippen LogP contribution is -2.42. The van der Waals surface area contributed by atoms with Crippen molar-refractivity contribution in [1.29, 1.82) is 0 Å². The number of benzene rings is 2. The minimum Gasteiger partial charge on any atom is -0.484 e. The summed E-state index contributed by atoms with van der Waals surface area (Å²) in [5.41, 5.74) is 2.71. The van der Waals surface area contributed by atoms with Crippen LogP contribution in [-0.4, -0.2) is 56.8 Å². The molecule has 0 spiro atoms. The third-order valence-corrected chi connectivity index (χ3v) is 5.71. The fourth-order valence-corrected chi connectivity index (χ4v) is 3.85. The van der Waals surface area contributed by atoms with E-state index in [9.17, 15) is 9.59 Å². The molecule has 1 fully saturated rings. The zero-order chi connectivity index (χ0) is 22.3. The minimum absolute atomic E-state index is 0.0933. The van der Waals surface area contributed by atoms with E-state index >= 15 is 0 Å². The van der Waals surface area contributed by atoms with Gasteiger partial charge in [-0.25, -0.2) is 4.79 Å². The summed E-state index contributed by atoms with van der Waals surface area (Å²) in [6, 6.07) is 15.2. The van der Waals surface area contributed by atoms with Crippen molar-refractivity contribution in [3.8, 4) is 5.75 Å². The van der Waals surface area contributed by atoms with Gasteiger partial charge >= 0.3 is 5.63 Å². The van der Waals surface area contributed by atoms with Crippen LogP contribution in [-0.2, 0) is 16.0 Å². The smallest absolute Gasteiger partial charge is 0.340 e. The lowest BCUT2D eigenvalue weighted by Gasteiger charge is -2.26. The van der Waals surface area contributed by atoms with Crippen molar-refractivity contribution in [3.05, 3.63) is 75.6 Å². The highest BCUT2D eigenvalue weighted by Crippen LogP contribution is 2.25. The normalized spacial score (nSPS) is 14.4. The molecule has 7 nitrogen and oxygen atoms in total. The molecule has 0 atom stereocenters. The van der Waals surface area contributed by atoms with Gasteiger partial charge in [0.2, 0.25) is 0 Å². The first-order chi connectivity index (χ1) is 15.6. The van der Waals surface area contributed by atoms with Crippen LogP contribution < -0.4 is 15.7 Å². The monoisotopic (exact) mass is 436 g/mol. The van der Waals surface area contributed by atoms with Crippen LogP contribution in [0, 0.1) is 6.92 Å². The fraction of sp³-hybridized carbons (Fsp3) is 0.360. The number of fused-ring (bicyclic) bond motifs is 1. The van der Waals surface area contributed by atoms with E-state index in [2.05, 4.69) is 10.2 Å². The molecule has 3 aromatic rings. The van der Waals surface area contributed by atoms with E-state index in [4.69, 9.17) is 13.9 Å². The molecule has 2 heterocycles. The molecular formula is C25H28N2O5. The number of rotatable bonds is 8. The van der Waals surface area contributed by atoms with Gasteiger partial charge in [-0.15, -0.1) is 0 Å². The van der Waals surface area contributed by atoms with Crippen molar-refractivity contribution >= 4 is 16.9 Å². The Bertz CT molecular complexity index is 1120. The van der Waals surface area contributed by atoms with Crippen molar-refractivity contribution in [2.24, 2.45) is 0 Å². The van der Waals surface area contributed by atoms with E-state index in [1.807, 2.05) is 43.3 Å². The Balaban J connectivity index is 1.36. The van der Waals surface area contributed by atoms with E-state index < -0.39 is 0 Å². The molecule has 0 unspecified atom stereocenters. The van der Waals surface area contributed by atoms with Gasteiger partial charge in [-0.2, -0.15) is 0 Å². The molecule has 1 amide bonds. The van der Waals surface area contributed by atoms with Gasteiger partial charge in [0.25, 0.3) is 5.91 Å². The van der Waals surface area contributed by atoms with E-state index in [1.54, 1.807) is 12.1 Å². The average Bonchev–Trinajstić information content (AvgIpc) is 2.81. The highest BCUT2D eigenvalue weighted by molar-refractivity contribution is 5.83. The van der Waals surface area contributed by atoms with Crippen LogP contribution in [0.3, 0.4) is 0 Å². The molecule has 0 radical (unpaired) electrons. The van der Waals surface area contributed by atoms with Crippen LogP contribution in [0.25, 0.3) is 11.0 Å². The number of amides is 1. The molecule has 1 saturated heterocycles. The van der Waals surface area contributed by atoms with Crippen LogP contribution in [0.1, 0.15) is 16.7 Å². The number of ether oxygens (including phenoxy) is 2. The number of carbonyl (C=O) groups is 1. The Hall–Kier alpha value is -3.16. The van der Waals surface area contributed by atoms with Gasteiger partial charge < -0.3 is 19.2 Å². The molecular weight excluding hydrogens is 408 g/mol. The lowest BCUT2D eigenvalue weighted by atomic mass is 10.00. The summed E-state index contributed by atoms with van der Waals surface area (Å²) < 4.78 is 16.5. The Kier molecular flexibility index (Phi) is 7.19. The molecule has 1 aromatic heterocycles. The fourth-order valence-electron chi connectivity index (χ4n) is 3.85. The largest absolute Gasteiger partial charge is 0.484 e. The van der Waals surface area contributed by atoms with Crippen molar-refractivity contribution < 1.29 is 18.7 Å². The maximum absolute atomic E-state index is 12.6. The number of nitrogens with zero attached hydrogens (tertiary/aromatic N) is 1. The van der Waals surface area contributed by atoms with Crippen LogP contribution in [0.5, 0.6) is 5.75 Å². The van der Waals surface area contributed by atoms with Crippen LogP contribution in [0.2, 0.25) is 0 Å². The molecule has 168 valence electrons. The molecule has 1 aliphatic heterocycles. The van der Waals surface area contributed by atoms with Gasteiger partial charge in [-0.3, -0.25) is 9.69 Å². The van der Waals surface area contributed by atoms with Crippen LogP contribution in [0.15, 0.2) is 57.7 Å². The summed E-state index contributed by atoms with van der Waals surface area (Å²) in [5, 5.41) is 3.73. The number of morpholine rings is 1. The molecule has 7 heteroatoms. The van der Waals surface area contributed by atoms with Gasteiger partial charge in [0.05, 0.1) is 13.2 Å². The van der Waals surface area contributed by atoms with Gasteiger partial charge in [-0.1, -0.05) is 30.3 Å².